The Morgan fingerprint density at radius 1 is 1.00 bits per heavy atom. The molecule has 8 nitrogen and oxygen atoms in total. The highest BCUT2D eigenvalue weighted by Crippen LogP contribution is 2.54. The number of pyridine rings is 1. The number of carbonyl (C=O) groups is 1. The van der Waals surface area contributed by atoms with Crippen LogP contribution in [0.15, 0.2) is 73.1 Å². The van der Waals surface area contributed by atoms with E-state index < -0.39 is 0 Å². The first-order valence-electron chi connectivity index (χ1n) is 14.5. The summed E-state index contributed by atoms with van der Waals surface area (Å²) in [5, 5.41) is 4.52. The number of aromatic nitrogens is 4. The first kappa shape index (κ1) is 25.7. The van der Waals surface area contributed by atoms with Gasteiger partial charge in [0.1, 0.15) is 22.9 Å². The van der Waals surface area contributed by atoms with Crippen molar-refractivity contribution in [1.29, 1.82) is 0 Å². The minimum atomic E-state index is -0.289. The van der Waals surface area contributed by atoms with Crippen molar-refractivity contribution in [1.82, 2.24) is 29.6 Å². The number of nitrogens with zero attached hydrogens (tertiary/aromatic N) is 5. The van der Waals surface area contributed by atoms with E-state index in [-0.39, 0.29) is 17.2 Å². The maximum atomic E-state index is 13.4. The number of carbonyl (C=O) groups excluding carboxylic acids is 1. The van der Waals surface area contributed by atoms with Crippen LogP contribution in [0.5, 0.6) is 0 Å². The molecule has 7 rings (SSSR count). The molecule has 1 saturated heterocycles. The summed E-state index contributed by atoms with van der Waals surface area (Å²) in [7, 11) is 3.77. The SMILES string of the molecule is CN(C)C(=O)C1(C2CC(c3nc(-c4ccc5ccc(-c6ccccc6)nc5c4)c4c(N)nccn34)C2)CCNCC1. The number of hydrogen-bond donors (Lipinski definition) is 2. The molecule has 0 unspecified atom stereocenters. The summed E-state index contributed by atoms with van der Waals surface area (Å²) < 4.78 is 2.11. The molecule has 41 heavy (non-hydrogen) atoms. The van der Waals surface area contributed by atoms with Gasteiger partial charge in [-0.05, 0) is 56.8 Å². The van der Waals surface area contributed by atoms with Gasteiger partial charge >= 0.3 is 0 Å². The van der Waals surface area contributed by atoms with Gasteiger partial charge in [0.2, 0.25) is 5.91 Å². The van der Waals surface area contributed by atoms with E-state index in [0.29, 0.717) is 11.7 Å². The number of benzene rings is 2. The van der Waals surface area contributed by atoms with E-state index in [4.69, 9.17) is 15.7 Å². The Bertz CT molecular complexity index is 1750. The Hall–Kier alpha value is -4.30. The zero-order valence-electron chi connectivity index (χ0n) is 23.5. The van der Waals surface area contributed by atoms with Crippen molar-refractivity contribution in [2.24, 2.45) is 11.3 Å². The minimum absolute atomic E-state index is 0.257. The third kappa shape index (κ3) is 4.25. The number of amides is 1. The summed E-state index contributed by atoms with van der Waals surface area (Å²) in [6.45, 7) is 1.78. The lowest BCUT2D eigenvalue weighted by Gasteiger charge is -2.50. The van der Waals surface area contributed by atoms with E-state index in [9.17, 15) is 4.79 Å². The van der Waals surface area contributed by atoms with Gasteiger partial charge in [0, 0.05) is 48.9 Å². The highest BCUT2D eigenvalue weighted by atomic mass is 16.2. The van der Waals surface area contributed by atoms with Crippen molar-refractivity contribution < 1.29 is 4.79 Å². The zero-order valence-corrected chi connectivity index (χ0v) is 23.5. The average molecular weight is 546 g/mol. The maximum Gasteiger partial charge on any atom is 0.228 e. The number of anilines is 1. The molecule has 0 bridgehead atoms. The molecule has 2 aliphatic rings. The Balaban J connectivity index is 1.25. The predicted molar refractivity (Wildman–Crippen MR) is 162 cm³/mol. The van der Waals surface area contributed by atoms with Gasteiger partial charge in [-0.15, -0.1) is 0 Å². The Labute approximate surface area is 239 Å². The fraction of sp³-hybridized carbons (Fsp3) is 0.333. The van der Waals surface area contributed by atoms with Crippen LogP contribution in [0.4, 0.5) is 5.82 Å². The van der Waals surface area contributed by atoms with E-state index in [1.807, 2.05) is 38.5 Å². The number of nitrogens with two attached hydrogens (primary N) is 1. The van der Waals surface area contributed by atoms with Gasteiger partial charge in [-0.2, -0.15) is 0 Å². The molecule has 8 heteroatoms. The smallest absolute Gasteiger partial charge is 0.228 e. The molecular weight excluding hydrogens is 510 g/mol. The second-order valence-corrected chi connectivity index (χ2v) is 11.8. The minimum Gasteiger partial charge on any atom is -0.382 e. The normalized spacial score (nSPS) is 20.1. The Morgan fingerprint density at radius 3 is 2.51 bits per heavy atom. The van der Waals surface area contributed by atoms with E-state index in [1.54, 1.807) is 11.1 Å². The molecule has 0 atom stereocenters. The van der Waals surface area contributed by atoms with Crippen LogP contribution in [0.2, 0.25) is 0 Å². The van der Waals surface area contributed by atoms with E-state index >= 15 is 0 Å². The number of nitrogens with one attached hydrogen (secondary N) is 1. The summed E-state index contributed by atoms with van der Waals surface area (Å²) in [5.41, 5.74) is 11.7. The molecule has 1 amide bonds. The van der Waals surface area contributed by atoms with E-state index in [2.05, 4.69) is 57.2 Å². The summed E-state index contributed by atoms with van der Waals surface area (Å²) in [5.74, 6) is 2.32. The van der Waals surface area contributed by atoms with Gasteiger partial charge in [0.25, 0.3) is 0 Å². The standard InChI is InChI=1S/C33H35N7O/c1-39(2)32(41)33(12-14-35-15-13-33)25-18-24(19-25)31-38-28(29-30(34)36-16-17-40(29)31)23-9-8-22-10-11-26(37-27(22)20-23)21-6-4-3-5-7-21/h3-11,16-17,20,24-25,35H,12-15,18-19H2,1-2H3,(H2,34,36). The molecule has 2 aromatic carbocycles. The molecule has 3 N–H and O–H groups in total. The quantitative estimate of drug-likeness (QED) is 0.317. The fourth-order valence-electron chi connectivity index (χ4n) is 7.01. The summed E-state index contributed by atoms with van der Waals surface area (Å²) in [6, 6.07) is 20.7. The molecule has 0 spiro atoms. The predicted octanol–water partition coefficient (Wildman–Crippen LogP) is 5.15. The van der Waals surface area contributed by atoms with Gasteiger partial charge in [-0.25, -0.2) is 15.0 Å². The first-order chi connectivity index (χ1) is 19.9. The topological polar surface area (TPSA) is 101 Å². The van der Waals surface area contributed by atoms with Crippen molar-refractivity contribution >= 4 is 28.1 Å². The van der Waals surface area contributed by atoms with Crippen molar-refractivity contribution in [3.8, 4) is 22.5 Å². The summed E-state index contributed by atoms with van der Waals surface area (Å²) in [4.78, 5) is 29.8. The van der Waals surface area contributed by atoms with Crippen molar-refractivity contribution in [3.05, 3.63) is 78.9 Å². The molecule has 1 saturated carbocycles. The molecule has 208 valence electrons. The van der Waals surface area contributed by atoms with Crippen LogP contribution in [0, 0.1) is 11.3 Å². The zero-order chi connectivity index (χ0) is 28.1. The van der Waals surface area contributed by atoms with Crippen molar-refractivity contribution in [3.63, 3.8) is 0 Å². The van der Waals surface area contributed by atoms with Crippen LogP contribution < -0.4 is 11.1 Å². The van der Waals surface area contributed by atoms with Crippen molar-refractivity contribution in [2.75, 3.05) is 32.9 Å². The number of fused-ring (bicyclic) bond motifs is 2. The highest BCUT2D eigenvalue weighted by molar-refractivity contribution is 5.91. The van der Waals surface area contributed by atoms with Crippen LogP contribution in [-0.2, 0) is 4.79 Å². The number of nitrogen functional groups attached to an aromatic ring is 1. The highest BCUT2D eigenvalue weighted by Gasteiger charge is 2.52. The number of imidazole rings is 1. The molecule has 3 aromatic heterocycles. The fourth-order valence-corrected chi connectivity index (χ4v) is 7.01. The first-order valence-corrected chi connectivity index (χ1v) is 14.5. The molecule has 5 aromatic rings. The van der Waals surface area contributed by atoms with Crippen LogP contribution in [0.3, 0.4) is 0 Å². The average Bonchev–Trinajstić information content (AvgIpc) is 3.36. The lowest BCUT2D eigenvalue weighted by atomic mass is 9.56. The number of hydrogen-bond acceptors (Lipinski definition) is 6. The lowest BCUT2D eigenvalue weighted by Crippen LogP contribution is -2.54. The third-order valence-electron chi connectivity index (χ3n) is 9.26. The summed E-state index contributed by atoms with van der Waals surface area (Å²) in [6.07, 6.45) is 7.37. The second kappa shape index (κ2) is 9.96. The maximum absolute atomic E-state index is 13.4. The van der Waals surface area contributed by atoms with Gasteiger partial charge in [-0.1, -0.05) is 48.5 Å². The van der Waals surface area contributed by atoms with Crippen LogP contribution in [-0.4, -0.2) is 57.3 Å². The van der Waals surface area contributed by atoms with Gasteiger partial charge in [0.05, 0.1) is 16.6 Å². The molecule has 2 fully saturated rings. The van der Waals surface area contributed by atoms with Gasteiger partial charge in [0.15, 0.2) is 0 Å². The van der Waals surface area contributed by atoms with E-state index in [0.717, 1.165) is 83.5 Å². The number of piperidine rings is 1. The second-order valence-electron chi connectivity index (χ2n) is 11.8. The van der Waals surface area contributed by atoms with Gasteiger partial charge < -0.3 is 16.0 Å². The monoisotopic (exact) mass is 545 g/mol. The van der Waals surface area contributed by atoms with Crippen LogP contribution in [0.25, 0.3) is 38.9 Å². The van der Waals surface area contributed by atoms with Crippen molar-refractivity contribution in [2.45, 2.75) is 31.6 Å². The number of rotatable bonds is 5. The molecule has 4 heterocycles. The molecular formula is C33H35N7O. The molecule has 1 aliphatic heterocycles. The largest absolute Gasteiger partial charge is 0.382 e. The third-order valence-corrected chi connectivity index (χ3v) is 9.26. The Morgan fingerprint density at radius 2 is 1.76 bits per heavy atom. The van der Waals surface area contributed by atoms with E-state index in [1.165, 1.54) is 0 Å². The Kier molecular flexibility index (Phi) is 6.23. The van der Waals surface area contributed by atoms with Crippen LogP contribution in [0.1, 0.15) is 37.4 Å². The van der Waals surface area contributed by atoms with Crippen LogP contribution >= 0.6 is 0 Å². The van der Waals surface area contributed by atoms with Gasteiger partial charge in [-0.3, -0.25) is 9.20 Å². The molecule has 1 aliphatic carbocycles. The lowest BCUT2D eigenvalue weighted by molar-refractivity contribution is -0.148. The summed E-state index contributed by atoms with van der Waals surface area (Å²) >= 11 is 0. The molecule has 0 radical (unpaired) electrons.